The Bertz CT molecular complexity index is 533. The lowest BCUT2D eigenvalue weighted by Crippen LogP contribution is -2.35. The van der Waals surface area contributed by atoms with Gasteiger partial charge in [0.05, 0.1) is 6.10 Å². The van der Waals surface area contributed by atoms with Crippen LogP contribution in [0, 0.1) is 5.41 Å². The fourth-order valence-electron chi connectivity index (χ4n) is 2.14. The van der Waals surface area contributed by atoms with E-state index in [1.54, 1.807) is 43.1 Å². The molecule has 0 aliphatic rings. The molecule has 2 amide bonds. The van der Waals surface area contributed by atoms with E-state index in [9.17, 15) is 14.7 Å². The highest BCUT2D eigenvalue weighted by molar-refractivity contribution is 5.99. The maximum atomic E-state index is 12.4. The van der Waals surface area contributed by atoms with E-state index in [0.717, 1.165) is 0 Å². The van der Waals surface area contributed by atoms with Gasteiger partial charge in [-0.1, -0.05) is 26.8 Å². The van der Waals surface area contributed by atoms with Crippen LogP contribution in [-0.4, -0.2) is 48.1 Å². The molecule has 122 valence electrons. The highest BCUT2D eigenvalue weighted by atomic mass is 16.3. The minimum absolute atomic E-state index is 0.0106. The van der Waals surface area contributed by atoms with Crippen molar-refractivity contribution in [2.75, 3.05) is 20.1 Å². The molecule has 2 N–H and O–H groups in total. The number of nitrogens with zero attached hydrogens (tertiary/aromatic N) is 1. The second-order valence-corrected chi connectivity index (χ2v) is 6.86. The zero-order valence-corrected chi connectivity index (χ0v) is 14.0. The van der Waals surface area contributed by atoms with Crippen molar-refractivity contribution < 1.29 is 14.7 Å². The first-order valence-electron chi connectivity index (χ1n) is 7.42. The van der Waals surface area contributed by atoms with Gasteiger partial charge in [0, 0.05) is 31.3 Å². The van der Waals surface area contributed by atoms with E-state index in [0.29, 0.717) is 17.7 Å². The average Bonchev–Trinajstić information content (AvgIpc) is 2.42. The number of aliphatic hydroxyl groups is 1. The van der Waals surface area contributed by atoms with Gasteiger partial charge in [-0.25, -0.2) is 0 Å². The average molecular weight is 306 g/mol. The predicted octanol–water partition coefficient (Wildman–Crippen LogP) is 1.92. The monoisotopic (exact) mass is 306 g/mol. The van der Waals surface area contributed by atoms with Crippen molar-refractivity contribution in [1.29, 1.82) is 0 Å². The Morgan fingerprint density at radius 3 is 2.41 bits per heavy atom. The fraction of sp³-hybridized carbons (Fsp3) is 0.529. The van der Waals surface area contributed by atoms with E-state index >= 15 is 0 Å². The van der Waals surface area contributed by atoms with Gasteiger partial charge in [-0.3, -0.25) is 9.59 Å². The number of benzene rings is 1. The van der Waals surface area contributed by atoms with Crippen LogP contribution in [0.4, 0.5) is 0 Å². The summed E-state index contributed by atoms with van der Waals surface area (Å²) >= 11 is 0. The molecule has 22 heavy (non-hydrogen) atoms. The summed E-state index contributed by atoms with van der Waals surface area (Å²) in [6, 6.07) is 6.62. The molecule has 1 aromatic rings. The standard InChI is InChI=1S/C17H26N2O3/c1-12(20)10-18-15(21)13-7-6-8-14(9-13)16(22)19(5)11-17(2,3)4/h6-9,12,20H,10-11H2,1-5H3,(H,18,21). The molecule has 0 bridgehead atoms. The molecule has 0 aliphatic carbocycles. The van der Waals surface area contributed by atoms with Gasteiger partial charge in [-0.05, 0) is 30.5 Å². The second-order valence-electron chi connectivity index (χ2n) is 6.86. The first-order chi connectivity index (χ1) is 10.1. The summed E-state index contributed by atoms with van der Waals surface area (Å²) in [7, 11) is 1.76. The lowest BCUT2D eigenvalue weighted by atomic mass is 9.96. The van der Waals surface area contributed by atoms with E-state index in [2.05, 4.69) is 26.1 Å². The largest absolute Gasteiger partial charge is 0.392 e. The van der Waals surface area contributed by atoms with Gasteiger partial charge >= 0.3 is 0 Å². The van der Waals surface area contributed by atoms with E-state index in [1.165, 1.54) is 0 Å². The highest BCUT2D eigenvalue weighted by Gasteiger charge is 2.19. The number of amides is 2. The third kappa shape index (κ3) is 5.85. The van der Waals surface area contributed by atoms with Crippen molar-refractivity contribution in [3.8, 4) is 0 Å². The maximum Gasteiger partial charge on any atom is 0.253 e. The molecule has 0 saturated carbocycles. The molecule has 0 aliphatic heterocycles. The molecule has 5 heteroatoms. The van der Waals surface area contributed by atoms with Gasteiger partial charge < -0.3 is 15.3 Å². The Kier molecular flexibility index (Phi) is 6.11. The lowest BCUT2D eigenvalue weighted by Gasteiger charge is -2.26. The van der Waals surface area contributed by atoms with Gasteiger partial charge in [0.2, 0.25) is 0 Å². The van der Waals surface area contributed by atoms with E-state index in [1.807, 2.05) is 0 Å². The Hall–Kier alpha value is -1.88. The van der Waals surface area contributed by atoms with Crippen LogP contribution in [0.5, 0.6) is 0 Å². The van der Waals surface area contributed by atoms with Crippen LogP contribution in [0.3, 0.4) is 0 Å². The smallest absolute Gasteiger partial charge is 0.253 e. The summed E-state index contributed by atoms with van der Waals surface area (Å²) in [6.45, 7) is 8.61. The highest BCUT2D eigenvalue weighted by Crippen LogP contribution is 2.16. The Labute approximate surface area is 132 Å². The molecule has 1 aromatic carbocycles. The Morgan fingerprint density at radius 2 is 1.86 bits per heavy atom. The molecule has 1 rings (SSSR count). The Morgan fingerprint density at radius 1 is 1.27 bits per heavy atom. The number of carbonyl (C=O) groups excluding carboxylic acids is 2. The second kappa shape index (κ2) is 7.40. The third-order valence-electron chi connectivity index (χ3n) is 2.99. The number of carbonyl (C=O) groups is 2. The molecule has 0 radical (unpaired) electrons. The fourth-order valence-corrected chi connectivity index (χ4v) is 2.14. The minimum Gasteiger partial charge on any atom is -0.392 e. The number of hydrogen-bond donors (Lipinski definition) is 2. The number of nitrogens with one attached hydrogen (secondary N) is 1. The van der Waals surface area contributed by atoms with E-state index in [4.69, 9.17) is 0 Å². The van der Waals surface area contributed by atoms with Crippen LogP contribution in [-0.2, 0) is 0 Å². The first-order valence-corrected chi connectivity index (χ1v) is 7.42. The van der Waals surface area contributed by atoms with Crippen LogP contribution < -0.4 is 5.32 Å². The van der Waals surface area contributed by atoms with Gasteiger partial charge in [0.15, 0.2) is 0 Å². The van der Waals surface area contributed by atoms with Crippen molar-refractivity contribution in [2.24, 2.45) is 5.41 Å². The summed E-state index contributed by atoms with van der Waals surface area (Å²) in [5.41, 5.74) is 0.906. The van der Waals surface area contributed by atoms with Gasteiger partial charge in [-0.2, -0.15) is 0 Å². The number of rotatable bonds is 5. The number of hydrogen-bond acceptors (Lipinski definition) is 3. The molecule has 1 atom stereocenters. The minimum atomic E-state index is -0.605. The zero-order valence-electron chi connectivity index (χ0n) is 14.0. The predicted molar refractivity (Wildman–Crippen MR) is 86.9 cm³/mol. The summed E-state index contributed by atoms with van der Waals surface area (Å²) in [6.07, 6.45) is -0.605. The van der Waals surface area contributed by atoms with E-state index in [-0.39, 0.29) is 23.8 Å². The van der Waals surface area contributed by atoms with Crippen LogP contribution in [0.25, 0.3) is 0 Å². The van der Waals surface area contributed by atoms with Crippen LogP contribution in [0.2, 0.25) is 0 Å². The van der Waals surface area contributed by atoms with Gasteiger partial charge in [0.1, 0.15) is 0 Å². The molecule has 0 saturated heterocycles. The summed E-state index contributed by atoms with van der Waals surface area (Å²) in [5, 5.41) is 11.8. The summed E-state index contributed by atoms with van der Waals surface area (Å²) in [4.78, 5) is 26.1. The van der Waals surface area contributed by atoms with Gasteiger partial charge in [-0.15, -0.1) is 0 Å². The van der Waals surface area contributed by atoms with Crippen molar-refractivity contribution in [3.05, 3.63) is 35.4 Å². The van der Waals surface area contributed by atoms with Crippen molar-refractivity contribution >= 4 is 11.8 Å². The SMILES string of the molecule is CC(O)CNC(=O)c1cccc(C(=O)N(C)CC(C)(C)C)c1. The van der Waals surface area contributed by atoms with Crippen molar-refractivity contribution in [1.82, 2.24) is 10.2 Å². The maximum absolute atomic E-state index is 12.4. The zero-order chi connectivity index (χ0) is 16.9. The molecular formula is C17H26N2O3. The molecule has 5 nitrogen and oxygen atoms in total. The quantitative estimate of drug-likeness (QED) is 0.873. The molecule has 0 fully saturated rings. The summed E-state index contributed by atoms with van der Waals surface area (Å²) < 4.78 is 0. The molecule has 0 spiro atoms. The molecule has 0 heterocycles. The number of aliphatic hydroxyl groups excluding tert-OH is 1. The Balaban J connectivity index is 2.83. The van der Waals surface area contributed by atoms with Crippen LogP contribution in [0.1, 0.15) is 48.4 Å². The topological polar surface area (TPSA) is 69.6 Å². The van der Waals surface area contributed by atoms with Crippen molar-refractivity contribution in [2.45, 2.75) is 33.8 Å². The van der Waals surface area contributed by atoms with Crippen molar-refractivity contribution in [3.63, 3.8) is 0 Å². The van der Waals surface area contributed by atoms with Gasteiger partial charge in [0.25, 0.3) is 11.8 Å². The lowest BCUT2D eigenvalue weighted by molar-refractivity contribution is 0.0745. The van der Waals surface area contributed by atoms with E-state index < -0.39 is 6.10 Å². The summed E-state index contributed by atoms with van der Waals surface area (Å²) in [5.74, 6) is -0.408. The first kappa shape index (κ1) is 18.2. The van der Waals surface area contributed by atoms with Crippen LogP contribution >= 0.6 is 0 Å². The van der Waals surface area contributed by atoms with Crippen LogP contribution in [0.15, 0.2) is 24.3 Å². The third-order valence-corrected chi connectivity index (χ3v) is 2.99. The molecule has 0 aromatic heterocycles. The molecule has 1 unspecified atom stereocenters. The molecular weight excluding hydrogens is 280 g/mol. The normalized spacial score (nSPS) is 12.6.